The van der Waals surface area contributed by atoms with Gasteiger partial charge in [-0.25, -0.2) is 8.42 Å². The molecule has 0 unspecified atom stereocenters. The molecule has 2 heterocycles. The number of amides is 1. The summed E-state index contributed by atoms with van der Waals surface area (Å²) in [5, 5.41) is 11.8. The van der Waals surface area contributed by atoms with Gasteiger partial charge in [-0.05, 0) is 60.7 Å². The Morgan fingerprint density at radius 1 is 0.973 bits per heavy atom. The van der Waals surface area contributed by atoms with Gasteiger partial charge in [-0.15, -0.1) is 0 Å². The first-order valence-corrected chi connectivity index (χ1v) is 14.1. The summed E-state index contributed by atoms with van der Waals surface area (Å²) in [6.45, 7) is 2.79. The molecule has 1 aromatic heterocycles. The number of hydrogen-bond donors (Lipinski definition) is 1. The molecule has 7 heteroatoms. The predicted octanol–water partition coefficient (Wildman–Crippen LogP) is 4.73. The van der Waals surface area contributed by atoms with Crippen molar-refractivity contribution >= 4 is 26.6 Å². The lowest BCUT2D eigenvalue weighted by Crippen LogP contribution is -2.47. The third-order valence-electron chi connectivity index (χ3n) is 7.22. The van der Waals surface area contributed by atoms with E-state index in [0.29, 0.717) is 49.0 Å². The van der Waals surface area contributed by atoms with Crippen LogP contribution in [-0.2, 0) is 22.0 Å². The van der Waals surface area contributed by atoms with E-state index in [2.05, 4.69) is 4.98 Å². The average molecular weight is 515 g/mol. The van der Waals surface area contributed by atoms with Crippen molar-refractivity contribution in [3.8, 4) is 0 Å². The summed E-state index contributed by atoms with van der Waals surface area (Å²) in [4.78, 5) is 19.5. The highest BCUT2D eigenvalue weighted by Gasteiger charge is 2.34. The minimum atomic E-state index is -3.64. The molecule has 5 rings (SSSR count). The lowest BCUT2D eigenvalue weighted by molar-refractivity contribution is -0.0162. The van der Waals surface area contributed by atoms with Crippen LogP contribution in [0.4, 0.5) is 0 Å². The van der Waals surface area contributed by atoms with E-state index in [-0.39, 0.29) is 16.6 Å². The number of aryl methyl sites for hydroxylation is 1. The van der Waals surface area contributed by atoms with Crippen LogP contribution < -0.4 is 0 Å². The van der Waals surface area contributed by atoms with Crippen LogP contribution in [0.1, 0.15) is 39.9 Å². The van der Waals surface area contributed by atoms with Crippen LogP contribution in [0.2, 0.25) is 0 Å². The first-order valence-electron chi connectivity index (χ1n) is 12.5. The Balaban J connectivity index is 1.28. The van der Waals surface area contributed by atoms with E-state index in [4.69, 9.17) is 0 Å². The lowest BCUT2D eigenvalue weighted by Gasteiger charge is -2.38. The third-order valence-corrected chi connectivity index (χ3v) is 8.91. The van der Waals surface area contributed by atoms with Gasteiger partial charge in [0, 0.05) is 36.7 Å². The molecule has 3 aromatic carbocycles. The number of sulfone groups is 1. The Kier molecular flexibility index (Phi) is 6.84. The molecule has 0 bridgehead atoms. The lowest BCUT2D eigenvalue weighted by atomic mass is 9.85. The first kappa shape index (κ1) is 25.1. The number of fused-ring (bicyclic) bond motifs is 1. The molecule has 1 fully saturated rings. The molecule has 1 aliphatic heterocycles. The molecule has 4 aromatic rings. The molecular formula is C30H30N2O4S. The number of piperidine rings is 1. The maximum atomic E-state index is 13.3. The van der Waals surface area contributed by atoms with Crippen LogP contribution >= 0.6 is 0 Å². The Labute approximate surface area is 217 Å². The van der Waals surface area contributed by atoms with E-state index in [0.717, 1.165) is 16.5 Å². The third kappa shape index (κ3) is 5.43. The molecule has 1 amide bonds. The second-order valence-electron chi connectivity index (χ2n) is 9.91. The van der Waals surface area contributed by atoms with E-state index in [1.165, 1.54) is 0 Å². The van der Waals surface area contributed by atoms with Crippen LogP contribution in [-0.4, -0.2) is 48.0 Å². The van der Waals surface area contributed by atoms with Gasteiger partial charge >= 0.3 is 0 Å². The fourth-order valence-electron chi connectivity index (χ4n) is 5.06. The van der Waals surface area contributed by atoms with Gasteiger partial charge in [-0.2, -0.15) is 0 Å². The monoisotopic (exact) mass is 514 g/mol. The zero-order valence-corrected chi connectivity index (χ0v) is 21.6. The molecule has 37 heavy (non-hydrogen) atoms. The average Bonchev–Trinajstić information content (AvgIpc) is 2.90. The highest BCUT2D eigenvalue weighted by atomic mass is 32.2. The number of nitrogens with zero attached hydrogens (tertiary/aromatic N) is 2. The molecular weight excluding hydrogens is 484 g/mol. The number of carbonyl (C=O) groups is 1. The maximum Gasteiger partial charge on any atom is 0.253 e. The standard InChI is InChI=1S/C30H30N2O4S/c1-22-19-25(29(33)32-17-14-30(34,15-18-32)20-23-7-3-2-4-8-23)12-13-26(22)21-37(35,36)27-11-5-9-24-10-6-16-31-28(24)27/h2-13,16,19,34H,14-15,17-18,20-21H2,1H3. The van der Waals surface area contributed by atoms with E-state index in [1.807, 2.05) is 49.4 Å². The summed E-state index contributed by atoms with van der Waals surface area (Å²) < 4.78 is 26.6. The summed E-state index contributed by atoms with van der Waals surface area (Å²) in [6.07, 6.45) is 3.20. The number of para-hydroxylation sites is 1. The number of likely N-dealkylation sites (tertiary alicyclic amines) is 1. The van der Waals surface area contributed by atoms with Crippen LogP contribution in [0.3, 0.4) is 0 Å². The topological polar surface area (TPSA) is 87.6 Å². The minimum absolute atomic E-state index is 0.0995. The van der Waals surface area contributed by atoms with Crippen molar-refractivity contribution in [2.45, 2.75) is 42.4 Å². The largest absolute Gasteiger partial charge is 0.389 e. The van der Waals surface area contributed by atoms with Crippen LogP contribution in [0, 0.1) is 6.92 Å². The molecule has 0 radical (unpaired) electrons. The fourth-order valence-corrected chi connectivity index (χ4v) is 6.70. The molecule has 190 valence electrons. The van der Waals surface area contributed by atoms with Gasteiger partial charge in [-0.3, -0.25) is 9.78 Å². The molecule has 0 aliphatic carbocycles. The Hall–Kier alpha value is -3.55. The SMILES string of the molecule is Cc1cc(C(=O)N2CCC(O)(Cc3ccccc3)CC2)ccc1CS(=O)(=O)c1cccc2cccnc12. The smallest absolute Gasteiger partial charge is 0.253 e. The van der Waals surface area contributed by atoms with Crippen molar-refractivity contribution in [3.63, 3.8) is 0 Å². The Morgan fingerprint density at radius 2 is 1.70 bits per heavy atom. The summed E-state index contributed by atoms with van der Waals surface area (Å²) in [7, 11) is -3.64. The van der Waals surface area contributed by atoms with Crippen molar-refractivity contribution in [2.75, 3.05) is 13.1 Å². The number of benzene rings is 3. The second kappa shape index (κ2) is 10.1. The fraction of sp³-hybridized carbons (Fsp3) is 0.267. The van der Waals surface area contributed by atoms with Gasteiger partial charge in [0.05, 0.1) is 21.8 Å². The quantitative estimate of drug-likeness (QED) is 0.402. The molecule has 6 nitrogen and oxygen atoms in total. The zero-order valence-electron chi connectivity index (χ0n) is 20.8. The summed E-state index contributed by atoms with van der Waals surface area (Å²) in [5.74, 6) is -0.267. The van der Waals surface area contributed by atoms with Crippen LogP contribution in [0.25, 0.3) is 10.9 Å². The number of aromatic nitrogens is 1. The van der Waals surface area contributed by atoms with Crippen LogP contribution in [0.5, 0.6) is 0 Å². The molecule has 0 saturated carbocycles. The van der Waals surface area contributed by atoms with Crippen molar-refractivity contribution in [1.29, 1.82) is 0 Å². The summed E-state index contributed by atoms with van der Waals surface area (Å²) in [5.41, 5.74) is 2.67. The number of aliphatic hydroxyl groups is 1. The molecule has 0 atom stereocenters. The molecule has 1 N–H and O–H groups in total. The van der Waals surface area contributed by atoms with Crippen molar-refractivity contribution in [1.82, 2.24) is 9.88 Å². The Morgan fingerprint density at radius 3 is 2.43 bits per heavy atom. The second-order valence-corrected chi connectivity index (χ2v) is 11.9. The van der Waals surface area contributed by atoms with E-state index in [1.54, 1.807) is 47.5 Å². The van der Waals surface area contributed by atoms with Crippen molar-refractivity contribution < 1.29 is 18.3 Å². The zero-order chi connectivity index (χ0) is 26.0. The van der Waals surface area contributed by atoms with Gasteiger partial charge in [0.25, 0.3) is 5.91 Å². The van der Waals surface area contributed by atoms with E-state index >= 15 is 0 Å². The van der Waals surface area contributed by atoms with Crippen LogP contribution in [0.15, 0.2) is 90.0 Å². The van der Waals surface area contributed by atoms with Crippen molar-refractivity contribution in [3.05, 3.63) is 107 Å². The summed E-state index contributed by atoms with van der Waals surface area (Å²) >= 11 is 0. The van der Waals surface area contributed by atoms with Gasteiger partial charge in [0.1, 0.15) is 0 Å². The van der Waals surface area contributed by atoms with Gasteiger partial charge in [0.2, 0.25) is 0 Å². The number of pyridine rings is 1. The molecule has 0 spiro atoms. The number of rotatable bonds is 6. The van der Waals surface area contributed by atoms with Gasteiger partial charge < -0.3 is 10.0 Å². The number of carbonyl (C=O) groups excluding carboxylic acids is 1. The molecule has 1 saturated heterocycles. The predicted molar refractivity (Wildman–Crippen MR) is 144 cm³/mol. The summed E-state index contributed by atoms with van der Waals surface area (Å²) in [6, 6.07) is 23.9. The molecule has 1 aliphatic rings. The normalized spacial score (nSPS) is 15.6. The van der Waals surface area contributed by atoms with Gasteiger partial charge in [-0.1, -0.05) is 54.6 Å². The highest BCUT2D eigenvalue weighted by molar-refractivity contribution is 7.90. The maximum absolute atomic E-state index is 13.3. The number of hydrogen-bond acceptors (Lipinski definition) is 5. The van der Waals surface area contributed by atoms with Gasteiger partial charge in [0.15, 0.2) is 9.84 Å². The minimum Gasteiger partial charge on any atom is -0.389 e. The highest BCUT2D eigenvalue weighted by Crippen LogP contribution is 2.29. The van der Waals surface area contributed by atoms with Crippen molar-refractivity contribution in [2.24, 2.45) is 0 Å². The van der Waals surface area contributed by atoms with E-state index in [9.17, 15) is 18.3 Å². The Bertz CT molecular complexity index is 1540. The van der Waals surface area contributed by atoms with E-state index < -0.39 is 15.4 Å². The first-order chi connectivity index (χ1) is 17.7.